The summed E-state index contributed by atoms with van der Waals surface area (Å²) in [5.74, 6) is 0.855. The number of rotatable bonds is 4. The van der Waals surface area contributed by atoms with Gasteiger partial charge in [0.05, 0.1) is 6.10 Å². The van der Waals surface area contributed by atoms with E-state index in [0.717, 1.165) is 12.2 Å². The van der Waals surface area contributed by atoms with Crippen LogP contribution in [0.5, 0.6) is 5.75 Å². The van der Waals surface area contributed by atoms with Crippen molar-refractivity contribution < 1.29 is 9.84 Å². The molecule has 0 saturated heterocycles. The van der Waals surface area contributed by atoms with E-state index in [1.807, 2.05) is 0 Å². The molecule has 144 valence electrons. The summed E-state index contributed by atoms with van der Waals surface area (Å²) in [7, 11) is 0. The Bertz CT molecular complexity index is 1010. The zero-order chi connectivity index (χ0) is 19.9. The summed E-state index contributed by atoms with van der Waals surface area (Å²) in [6.45, 7) is 8.65. The first kappa shape index (κ1) is 18.8. The summed E-state index contributed by atoms with van der Waals surface area (Å²) in [5, 5.41) is 9.61. The van der Waals surface area contributed by atoms with Crippen molar-refractivity contribution in [2.75, 3.05) is 6.61 Å². The maximum atomic E-state index is 9.61. The van der Waals surface area contributed by atoms with Gasteiger partial charge in [-0.25, -0.2) is 0 Å². The average Bonchev–Trinajstić information content (AvgIpc) is 3.04. The van der Waals surface area contributed by atoms with Gasteiger partial charge < -0.3 is 9.84 Å². The number of hydrogen-bond donors (Lipinski definition) is 1. The molecule has 0 radical (unpaired) electrons. The minimum Gasteiger partial charge on any atom is -0.491 e. The first-order chi connectivity index (χ1) is 13.3. The van der Waals surface area contributed by atoms with Gasteiger partial charge in [-0.3, -0.25) is 0 Å². The zero-order valence-electron chi connectivity index (χ0n) is 17.1. The van der Waals surface area contributed by atoms with Crippen molar-refractivity contribution in [3.8, 4) is 28.0 Å². The summed E-state index contributed by atoms with van der Waals surface area (Å²) in [5.41, 5.74) is 9.13. The Labute approximate surface area is 167 Å². The summed E-state index contributed by atoms with van der Waals surface area (Å²) < 4.78 is 5.91. The fourth-order valence-corrected chi connectivity index (χ4v) is 4.05. The zero-order valence-corrected chi connectivity index (χ0v) is 17.1. The van der Waals surface area contributed by atoms with Crippen molar-refractivity contribution in [2.24, 2.45) is 0 Å². The smallest absolute Gasteiger partial charge is 0.123 e. The normalized spacial score (nSPS) is 13.8. The molecule has 0 bridgehead atoms. The topological polar surface area (TPSA) is 29.5 Å². The highest BCUT2D eigenvalue weighted by atomic mass is 16.5. The van der Waals surface area contributed by atoms with Crippen LogP contribution in [0.3, 0.4) is 0 Å². The summed E-state index contributed by atoms with van der Waals surface area (Å²) >= 11 is 0. The van der Waals surface area contributed by atoms with Gasteiger partial charge in [0.1, 0.15) is 12.4 Å². The second-order valence-electron chi connectivity index (χ2n) is 8.79. The van der Waals surface area contributed by atoms with Gasteiger partial charge in [0.2, 0.25) is 0 Å². The Kier molecular flexibility index (Phi) is 4.76. The van der Waals surface area contributed by atoms with Crippen LogP contribution >= 0.6 is 0 Å². The maximum Gasteiger partial charge on any atom is 0.123 e. The van der Waals surface area contributed by atoms with Gasteiger partial charge in [0.15, 0.2) is 0 Å². The van der Waals surface area contributed by atoms with E-state index in [0.29, 0.717) is 6.61 Å². The molecule has 28 heavy (non-hydrogen) atoms. The summed E-state index contributed by atoms with van der Waals surface area (Å²) in [6.07, 6.45) is 0.496. The Morgan fingerprint density at radius 3 is 2.39 bits per heavy atom. The van der Waals surface area contributed by atoms with Crippen molar-refractivity contribution in [1.29, 1.82) is 0 Å². The number of aliphatic hydroxyl groups is 1. The van der Waals surface area contributed by atoms with E-state index in [-0.39, 0.29) is 5.41 Å². The Balaban J connectivity index is 1.79. The summed E-state index contributed by atoms with van der Waals surface area (Å²) in [4.78, 5) is 0. The Morgan fingerprint density at radius 2 is 1.64 bits per heavy atom. The quantitative estimate of drug-likeness (QED) is 0.477. The SMILES string of the molecule is CC(O)COc1ccc(-c2cccc3c2Cc2ccccc2-3)cc1C(C)(C)C. The number of aliphatic hydroxyl groups excluding tert-OH is 1. The fraction of sp³-hybridized carbons (Fsp3) is 0.308. The largest absolute Gasteiger partial charge is 0.491 e. The van der Waals surface area contributed by atoms with Gasteiger partial charge in [-0.1, -0.05) is 69.3 Å². The van der Waals surface area contributed by atoms with Gasteiger partial charge in [0.25, 0.3) is 0 Å². The highest BCUT2D eigenvalue weighted by molar-refractivity contribution is 5.85. The lowest BCUT2D eigenvalue weighted by Gasteiger charge is -2.24. The molecule has 4 rings (SSSR count). The van der Waals surface area contributed by atoms with E-state index in [9.17, 15) is 5.11 Å². The molecule has 2 heteroatoms. The standard InChI is InChI=1S/C26H28O2/c1-17(27)16-28-25-13-12-19(15-24(25)26(2,3)4)21-10-7-11-22-20-9-6-5-8-18(20)14-23(21)22/h5-13,15,17,27H,14,16H2,1-4H3. The van der Waals surface area contributed by atoms with Crippen LogP contribution < -0.4 is 4.74 Å². The van der Waals surface area contributed by atoms with Crippen LogP contribution in [0.25, 0.3) is 22.3 Å². The molecular weight excluding hydrogens is 344 g/mol. The molecule has 0 amide bonds. The number of benzene rings is 3. The van der Waals surface area contributed by atoms with Gasteiger partial charge in [-0.05, 0) is 64.3 Å². The minimum atomic E-state index is -0.483. The molecule has 1 N–H and O–H groups in total. The van der Waals surface area contributed by atoms with Crippen molar-refractivity contribution in [1.82, 2.24) is 0 Å². The average molecular weight is 373 g/mol. The van der Waals surface area contributed by atoms with Crippen LogP contribution in [-0.2, 0) is 11.8 Å². The maximum absolute atomic E-state index is 9.61. The van der Waals surface area contributed by atoms with Crippen molar-refractivity contribution in [2.45, 2.75) is 45.6 Å². The lowest BCUT2D eigenvalue weighted by molar-refractivity contribution is 0.121. The second kappa shape index (κ2) is 7.10. The third kappa shape index (κ3) is 3.45. The van der Waals surface area contributed by atoms with Crippen LogP contribution in [-0.4, -0.2) is 17.8 Å². The molecular formula is C26H28O2. The second-order valence-corrected chi connectivity index (χ2v) is 8.79. The lowest BCUT2D eigenvalue weighted by Crippen LogP contribution is -2.18. The van der Waals surface area contributed by atoms with E-state index >= 15 is 0 Å². The van der Waals surface area contributed by atoms with Crippen molar-refractivity contribution in [3.05, 3.63) is 77.4 Å². The predicted molar refractivity (Wildman–Crippen MR) is 116 cm³/mol. The van der Waals surface area contributed by atoms with Crippen LogP contribution in [0.1, 0.15) is 44.4 Å². The first-order valence-corrected chi connectivity index (χ1v) is 10.0. The first-order valence-electron chi connectivity index (χ1n) is 10.0. The van der Waals surface area contributed by atoms with Crippen LogP contribution in [0.4, 0.5) is 0 Å². The highest BCUT2D eigenvalue weighted by Gasteiger charge is 2.24. The highest BCUT2D eigenvalue weighted by Crippen LogP contribution is 2.43. The molecule has 1 aliphatic rings. The predicted octanol–water partition coefficient (Wildman–Crippen LogP) is 5.98. The van der Waals surface area contributed by atoms with E-state index in [1.165, 1.54) is 38.9 Å². The molecule has 3 aromatic carbocycles. The third-order valence-electron chi connectivity index (χ3n) is 5.43. The summed E-state index contributed by atoms with van der Waals surface area (Å²) in [6, 6.07) is 21.8. The number of hydrogen-bond acceptors (Lipinski definition) is 2. The lowest BCUT2D eigenvalue weighted by atomic mass is 9.84. The van der Waals surface area contributed by atoms with Gasteiger partial charge in [-0.2, -0.15) is 0 Å². The van der Waals surface area contributed by atoms with Crippen LogP contribution in [0.15, 0.2) is 60.7 Å². The fourth-order valence-electron chi connectivity index (χ4n) is 4.05. The molecule has 0 aromatic heterocycles. The monoisotopic (exact) mass is 372 g/mol. The Morgan fingerprint density at radius 1 is 0.929 bits per heavy atom. The molecule has 1 atom stereocenters. The molecule has 1 unspecified atom stereocenters. The molecule has 0 saturated carbocycles. The molecule has 0 heterocycles. The van der Waals surface area contributed by atoms with Gasteiger partial charge in [0, 0.05) is 5.56 Å². The van der Waals surface area contributed by atoms with E-state index in [1.54, 1.807) is 6.92 Å². The molecule has 3 aromatic rings. The van der Waals surface area contributed by atoms with E-state index < -0.39 is 6.10 Å². The van der Waals surface area contributed by atoms with Crippen LogP contribution in [0, 0.1) is 0 Å². The van der Waals surface area contributed by atoms with Crippen LogP contribution in [0.2, 0.25) is 0 Å². The van der Waals surface area contributed by atoms with Gasteiger partial charge in [-0.15, -0.1) is 0 Å². The van der Waals surface area contributed by atoms with Crippen molar-refractivity contribution in [3.63, 3.8) is 0 Å². The Hall–Kier alpha value is -2.58. The molecule has 2 nitrogen and oxygen atoms in total. The minimum absolute atomic E-state index is 0.0506. The molecule has 0 fully saturated rings. The number of ether oxygens (including phenoxy) is 1. The van der Waals surface area contributed by atoms with Crippen molar-refractivity contribution >= 4 is 0 Å². The number of fused-ring (bicyclic) bond motifs is 3. The molecule has 1 aliphatic carbocycles. The molecule has 0 spiro atoms. The molecule has 0 aliphatic heterocycles. The van der Waals surface area contributed by atoms with E-state index in [4.69, 9.17) is 4.74 Å². The van der Waals surface area contributed by atoms with Gasteiger partial charge >= 0.3 is 0 Å². The third-order valence-corrected chi connectivity index (χ3v) is 5.43. The van der Waals surface area contributed by atoms with E-state index in [2.05, 4.69) is 81.4 Å².